The molecule has 1 heterocycles. The monoisotopic (exact) mass is 337 g/mol. The Balaban J connectivity index is 2.42. The van der Waals surface area contributed by atoms with Crippen molar-refractivity contribution in [1.82, 2.24) is 4.72 Å². The highest BCUT2D eigenvalue weighted by molar-refractivity contribution is 7.89. The molecule has 1 aromatic carbocycles. The summed E-state index contributed by atoms with van der Waals surface area (Å²) in [6.07, 6.45) is 0. The Kier molecular flexibility index (Phi) is 4.52. The van der Waals surface area contributed by atoms with Gasteiger partial charge in [-0.05, 0) is 37.4 Å². The molecule has 0 fully saturated rings. The van der Waals surface area contributed by atoms with Crippen molar-refractivity contribution >= 4 is 33.2 Å². The molecule has 23 heavy (non-hydrogen) atoms. The number of nitrogens with zero attached hydrogens (tertiary/aromatic N) is 1. The standard InChI is InChI=1S/C14H15N3O5S/c1-9(18)17(11-5-3-4-10(15)8-11)14(19)12-6-7-13(22-12)23(20,21)16-2/h3-8,16H,15H2,1-2H3. The van der Waals surface area contributed by atoms with Crippen LogP contribution in [0.4, 0.5) is 11.4 Å². The third-order valence-corrected chi connectivity index (χ3v) is 4.26. The number of nitrogens with two attached hydrogens (primary N) is 1. The van der Waals surface area contributed by atoms with Crippen molar-refractivity contribution in [2.24, 2.45) is 0 Å². The van der Waals surface area contributed by atoms with Crippen LogP contribution in [0.25, 0.3) is 0 Å². The van der Waals surface area contributed by atoms with Crippen molar-refractivity contribution in [2.75, 3.05) is 17.7 Å². The maximum atomic E-state index is 12.5. The molecule has 0 aliphatic rings. The second kappa shape index (κ2) is 6.23. The Bertz CT molecular complexity index is 857. The van der Waals surface area contributed by atoms with Gasteiger partial charge in [0.15, 0.2) is 5.76 Å². The Morgan fingerprint density at radius 2 is 1.91 bits per heavy atom. The van der Waals surface area contributed by atoms with Gasteiger partial charge < -0.3 is 10.2 Å². The molecule has 0 radical (unpaired) electrons. The molecule has 0 unspecified atom stereocenters. The lowest BCUT2D eigenvalue weighted by atomic mass is 10.2. The topological polar surface area (TPSA) is 123 Å². The Hall–Kier alpha value is -2.65. The van der Waals surface area contributed by atoms with Crippen molar-refractivity contribution in [3.05, 3.63) is 42.2 Å². The largest absolute Gasteiger partial charge is 0.438 e. The van der Waals surface area contributed by atoms with Crippen LogP contribution < -0.4 is 15.4 Å². The fourth-order valence-corrected chi connectivity index (χ4v) is 2.54. The first-order valence-corrected chi connectivity index (χ1v) is 7.98. The summed E-state index contributed by atoms with van der Waals surface area (Å²) in [5.41, 5.74) is 6.29. The normalized spacial score (nSPS) is 11.2. The fourth-order valence-electron chi connectivity index (χ4n) is 1.90. The minimum Gasteiger partial charge on any atom is -0.438 e. The third kappa shape index (κ3) is 3.41. The van der Waals surface area contributed by atoms with Crippen molar-refractivity contribution in [3.63, 3.8) is 0 Å². The zero-order valence-electron chi connectivity index (χ0n) is 12.4. The maximum absolute atomic E-state index is 12.5. The van der Waals surface area contributed by atoms with Gasteiger partial charge in [-0.25, -0.2) is 18.0 Å². The molecule has 2 rings (SSSR count). The van der Waals surface area contributed by atoms with Crippen LogP contribution in [0.3, 0.4) is 0 Å². The van der Waals surface area contributed by atoms with E-state index in [0.717, 1.165) is 11.0 Å². The average Bonchev–Trinajstić information content (AvgIpc) is 2.97. The van der Waals surface area contributed by atoms with Crippen molar-refractivity contribution < 1.29 is 22.4 Å². The molecule has 0 bridgehead atoms. The molecule has 2 aromatic rings. The number of carbonyl (C=O) groups excluding carboxylic acids is 2. The van der Waals surface area contributed by atoms with E-state index in [1.165, 1.54) is 32.2 Å². The molecule has 0 aliphatic carbocycles. The van der Waals surface area contributed by atoms with Crippen LogP contribution in [0.2, 0.25) is 0 Å². The molecule has 9 heteroatoms. The SMILES string of the molecule is CNS(=O)(=O)c1ccc(C(=O)N(C(C)=O)c2cccc(N)c2)o1. The van der Waals surface area contributed by atoms with Gasteiger partial charge in [-0.15, -0.1) is 0 Å². The van der Waals surface area contributed by atoms with E-state index in [1.807, 2.05) is 0 Å². The number of furan rings is 1. The number of anilines is 2. The van der Waals surface area contributed by atoms with E-state index in [0.29, 0.717) is 5.69 Å². The first kappa shape index (κ1) is 16.7. The Morgan fingerprint density at radius 1 is 1.22 bits per heavy atom. The number of rotatable bonds is 4. The lowest BCUT2D eigenvalue weighted by molar-refractivity contribution is -0.116. The number of benzene rings is 1. The summed E-state index contributed by atoms with van der Waals surface area (Å²) in [6.45, 7) is 1.20. The van der Waals surface area contributed by atoms with Gasteiger partial charge in [0, 0.05) is 12.6 Å². The van der Waals surface area contributed by atoms with Gasteiger partial charge in [-0.2, -0.15) is 0 Å². The van der Waals surface area contributed by atoms with Crippen LogP contribution in [0.15, 0.2) is 45.9 Å². The highest BCUT2D eigenvalue weighted by Crippen LogP contribution is 2.22. The summed E-state index contributed by atoms with van der Waals surface area (Å²) in [5, 5.41) is -0.417. The molecule has 3 N–H and O–H groups in total. The van der Waals surface area contributed by atoms with Crippen LogP contribution in [-0.2, 0) is 14.8 Å². The number of nitrogen functional groups attached to an aromatic ring is 1. The summed E-state index contributed by atoms with van der Waals surface area (Å²) in [4.78, 5) is 25.2. The molecule has 8 nitrogen and oxygen atoms in total. The second-order valence-electron chi connectivity index (χ2n) is 4.58. The molecule has 0 saturated carbocycles. The van der Waals surface area contributed by atoms with Crippen LogP contribution in [0.5, 0.6) is 0 Å². The number of sulfonamides is 1. The van der Waals surface area contributed by atoms with Crippen molar-refractivity contribution in [2.45, 2.75) is 12.0 Å². The molecule has 0 atom stereocenters. The highest BCUT2D eigenvalue weighted by Gasteiger charge is 2.26. The van der Waals surface area contributed by atoms with Crippen molar-refractivity contribution in [1.29, 1.82) is 0 Å². The Labute approximate surface area is 132 Å². The van der Waals surface area contributed by atoms with E-state index in [1.54, 1.807) is 12.1 Å². The lowest BCUT2D eigenvalue weighted by Crippen LogP contribution is -2.35. The minimum atomic E-state index is -3.82. The molecule has 1 aromatic heterocycles. The zero-order chi connectivity index (χ0) is 17.2. The molecule has 0 saturated heterocycles. The van der Waals surface area contributed by atoms with Gasteiger partial charge >= 0.3 is 5.91 Å². The molecular weight excluding hydrogens is 322 g/mol. The van der Waals surface area contributed by atoms with E-state index in [4.69, 9.17) is 10.2 Å². The quantitative estimate of drug-likeness (QED) is 0.801. The van der Waals surface area contributed by atoms with Gasteiger partial charge in [0.2, 0.25) is 11.0 Å². The lowest BCUT2D eigenvalue weighted by Gasteiger charge is -2.18. The first-order chi connectivity index (χ1) is 10.8. The van der Waals surface area contributed by atoms with Crippen LogP contribution in [-0.4, -0.2) is 27.3 Å². The molecular formula is C14H15N3O5S. The first-order valence-electron chi connectivity index (χ1n) is 6.50. The summed E-state index contributed by atoms with van der Waals surface area (Å²) in [5.74, 6) is -1.63. The number of imide groups is 1. The molecule has 0 spiro atoms. The molecule has 122 valence electrons. The highest BCUT2D eigenvalue weighted by atomic mass is 32.2. The number of nitrogens with one attached hydrogen (secondary N) is 1. The van der Waals surface area contributed by atoms with Gasteiger partial charge in [0.1, 0.15) is 0 Å². The minimum absolute atomic E-state index is 0.261. The number of hydrogen-bond donors (Lipinski definition) is 2. The maximum Gasteiger partial charge on any atom is 0.300 e. The van der Waals surface area contributed by atoms with E-state index in [-0.39, 0.29) is 11.4 Å². The summed E-state index contributed by atoms with van der Waals surface area (Å²) >= 11 is 0. The molecule has 0 aliphatic heterocycles. The average molecular weight is 337 g/mol. The summed E-state index contributed by atoms with van der Waals surface area (Å²) < 4.78 is 30.4. The Morgan fingerprint density at radius 3 is 2.48 bits per heavy atom. The van der Waals surface area contributed by atoms with Gasteiger partial charge in [0.25, 0.3) is 10.0 Å². The molecule has 2 amide bonds. The van der Waals surface area contributed by atoms with E-state index < -0.39 is 26.9 Å². The second-order valence-corrected chi connectivity index (χ2v) is 6.40. The van der Waals surface area contributed by atoms with E-state index >= 15 is 0 Å². The smallest absolute Gasteiger partial charge is 0.300 e. The van der Waals surface area contributed by atoms with Gasteiger partial charge in [-0.1, -0.05) is 6.07 Å². The van der Waals surface area contributed by atoms with E-state index in [2.05, 4.69) is 4.72 Å². The third-order valence-electron chi connectivity index (χ3n) is 2.97. The van der Waals surface area contributed by atoms with Crippen molar-refractivity contribution in [3.8, 4) is 0 Å². The van der Waals surface area contributed by atoms with Crippen LogP contribution in [0.1, 0.15) is 17.5 Å². The van der Waals surface area contributed by atoms with Gasteiger partial charge in [0.05, 0.1) is 5.69 Å². The summed E-state index contributed by atoms with van der Waals surface area (Å²) in [6, 6.07) is 8.51. The summed E-state index contributed by atoms with van der Waals surface area (Å²) in [7, 11) is -2.60. The zero-order valence-corrected chi connectivity index (χ0v) is 13.3. The number of carbonyl (C=O) groups is 2. The van der Waals surface area contributed by atoms with Crippen LogP contribution >= 0.6 is 0 Å². The predicted molar refractivity (Wildman–Crippen MR) is 83.3 cm³/mol. The van der Waals surface area contributed by atoms with E-state index in [9.17, 15) is 18.0 Å². The fraction of sp³-hybridized carbons (Fsp3) is 0.143. The predicted octanol–water partition coefficient (Wildman–Crippen LogP) is 0.963. The number of amides is 2. The van der Waals surface area contributed by atoms with Crippen LogP contribution in [0, 0.1) is 0 Å². The van der Waals surface area contributed by atoms with Gasteiger partial charge in [-0.3, -0.25) is 9.59 Å². The number of hydrogen-bond acceptors (Lipinski definition) is 6.